The third-order valence-corrected chi connectivity index (χ3v) is 4.00. The third-order valence-electron chi connectivity index (χ3n) is 4.00. The van der Waals surface area contributed by atoms with Crippen molar-refractivity contribution in [2.24, 2.45) is 4.99 Å². The molecule has 0 bridgehead atoms. The smallest absolute Gasteiger partial charge is 0.216 e. The van der Waals surface area contributed by atoms with Gasteiger partial charge in [-0.1, -0.05) is 20.8 Å². The van der Waals surface area contributed by atoms with E-state index in [4.69, 9.17) is 4.42 Å². The van der Waals surface area contributed by atoms with Crippen LogP contribution in [0.2, 0.25) is 0 Å². The third kappa shape index (κ3) is 8.70. The zero-order valence-electron chi connectivity index (χ0n) is 17.7. The topological polar surface area (TPSA) is 65.7 Å². The first kappa shape index (κ1) is 25.2. The molecular formula is C19H38IN5O. The number of guanidine groups is 1. The lowest BCUT2D eigenvalue weighted by molar-refractivity contribution is 0.178. The molecule has 0 atom stereocenters. The Morgan fingerprint density at radius 1 is 1.19 bits per heavy atom. The van der Waals surface area contributed by atoms with E-state index in [0.717, 1.165) is 31.4 Å². The molecule has 0 amide bonds. The molecule has 1 heterocycles. The summed E-state index contributed by atoms with van der Waals surface area (Å²) in [5.74, 6) is 2.33. The zero-order valence-corrected chi connectivity index (χ0v) is 20.0. The van der Waals surface area contributed by atoms with E-state index in [0.29, 0.717) is 24.5 Å². The maximum Gasteiger partial charge on any atom is 0.216 e. The van der Waals surface area contributed by atoms with Crippen LogP contribution in [0.15, 0.2) is 15.6 Å². The van der Waals surface area contributed by atoms with Crippen LogP contribution in [0.4, 0.5) is 0 Å². The summed E-state index contributed by atoms with van der Waals surface area (Å²) >= 11 is 0. The van der Waals surface area contributed by atoms with Crippen LogP contribution in [-0.4, -0.2) is 47.6 Å². The van der Waals surface area contributed by atoms with Crippen molar-refractivity contribution < 1.29 is 4.42 Å². The molecule has 0 aromatic carbocycles. The van der Waals surface area contributed by atoms with Gasteiger partial charge in [0.25, 0.3) is 0 Å². The summed E-state index contributed by atoms with van der Waals surface area (Å²) in [6.07, 6.45) is 1.80. The Morgan fingerprint density at radius 3 is 2.27 bits per heavy atom. The van der Waals surface area contributed by atoms with Gasteiger partial charge in [0.05, 0.1) is 6.20 Å². The summed E-state index contributed by atoms with van der Waals surface area (Å²) < 4.78 is 5.80. The average Bonchev–Trinajstić information content (AvgIpc) is 2.97. The van der Waals surface area contributed by atoms with Crippen molar-refractivity contribution in [3.05, 3.63) is 17.8 Å². The largest absolute Gasteiger partial charge is 0.443 e. The molecule has 0 fully saturated rings. The molecule has 0 radical (unpaired) electrons. The number of halogens is 1. The highest BCUT2D eigenvalue weighted by atomic mass is 127. The Morgan fingerprint density at radius 2 is 1.81 bits per heavy atom. The van der Waals surface area contributed by atoms with Gasteiger partial charge in [0.15, 0.2) is 5.96 Å². The highest BCUT2D eigenvalue weighted by molar-refractivity contribution is 14.0. The van der Waals surface area contributed by atoms with Gasteiger partial charge in [-0.2, -0.15) is 0 Å². The lowest BCUT2D eigenvalue weighted by atomic mass is 9.94. The van der Waals surface area contributed by atoms with Crippen molar-refractivity contribution in [1.82, 2.24) is 20.5 Å². The molecule has 1 aromatic heterocycles. The molecule has 152 valence electrons. The van der Waals surface area contributed by atoms with E-state index >= 15 is 0 Å². The van der Waals surface area contributed by atoms with E-state index in [1.54, 1.807) is 6.20 Å². The minimum atomic E-state index is -0.0329. The van der Waals surface area contributed by atoms with E-state index in [1.165, 1.54) is 0 Å². The monoisotopic (exact) mass is 479 g/mol. The number of aromatic nitrogens is 1. The van der Waals surface area contributed by atoms with Crippen LogP contribution < -0.4 is 10.6 Å². The molecule has 0 aliphatic heterocycles. The zero-order chi connectivity index (χ0) is 19.0. The van der Waals surface area contributed by atoms with Gasteiger partial charge in [0, 0.05) is 37.1 Å². The summed E-state index contributed by atoms with van der Waals surface area (Å²) in [7, 11) is 0. The standard InChI is InChI=1S/C19H37N5O.HI/c1-9-20-18(21-10-11-24(14(2)3)15(4)5)23-13-17-22-12-16(25-17)19(6,7)8;/h12,14-15H,9-11,13H2,1-8H3,(H2,20,21,23);1H. The van der Waals surface area contributed by atoms with Crippen LogP contribution in [-0.2, 0) is 12.0 Å². The lowest BCUT2D eigenvalue weighted by Crippen LogP contribution is -2.45. The number of hydrogen-bond acceptors (Lipinski definition) is 4. The molecule has 0 saturated carbocycles. The van der Waals surface area contributed by atoms with Crippen LogP contribution in [0, 0.1) is 0 Å². The van der Waals surface area contributed by atoms with Crippen molar-refractivity contribution in [1.29, 1.82) is 0 Å². The van der Waals surface area contributed by atoms with Gasteiger partial charge in [-0.15, -0.1) is 24.0 Å². The Labute approximate surface area is 176 Å². The average molecular weight is 479 g/mol. The Bertz CT molecular complexity index is 526. The molecule has 7 heteroatoms. The van der Waals surface area contributed by atoms with Crippen molar-refractivity contribution in [2.45, 2.75) is 79.4 Å². The van der Waals surface area contributed by atoms with Gasteiger partial charge in [0.2, 0.25) is 5.89 Å². The second-order valence-electron chi connectivity index (χ2n) is 7.92. The fourth-order valence-electron chi connectivity index (χ4n) is 2.63. The molecule has 0 spiro atoms. The van der Waals surface area contributed by atoms with E-state index in [2.05, 4.69) is 80.9 Å². The highest BCUT2D eigenvalue weighted by Crippen LogP contribution is 2.22. The van der Waals surface area contributed by atoms with Crippen LogP contribution in [0.5, 0.6) is 0 Å². The van der Waals surface area contributed by atoms with Gasteiger partial charge >= 0.3 is 0 Å². The first-order valence-electron chi connectivity index (χ1n) is 9.38. The second-order valence-corrected chi connectivity index (χ2v) is 7.92. The normalized spacial score (nSPS) is 12.7. The first-order valence-corrected chi connectivity index (χ1v) is 9.38. The van der Waals surface area contributed by atoms with Crippen LogP contribution in [0.25, 0.3) is 0 Å². The molecular weight excluding hydrogens is 441 g/mol. The van der Waals surface area contributed by atoms with Gasteiger partial charge in [-0.05, 0) is 34.6 Å². The summed E-state index contributed by atoms with van der Waals surface area (Å²) in [5, 5.41) is 6.67. The van der Waals surface area contributed by atoms with Gasteiger partial charge in [-0.3, -0.25) is 4.90 Å². The number of nitrogens with one attached hydrogen (secondary N) is 2. The first-order chi connectivity index (χ1) is 11.6. The lowest BCUT2D eigenvalue weighted by Gasteiger charge is -2.30. The maximum absolute atomic E-state index is 5.80. The molecule has 26 heavy (non-hydrogen) atoms. The molecule has 1 rings (SSSR count). The Kier molecular flexibility index (Phi) is 11.4. The highest BCUT2D eigenvalue weighted by Gasteiger charge is 2.19. The summed E-state index contributed by atoms with van der Waals surface area (Å²) in [6.45, 7) is 20.4. The molecule has 0 saturated heterocycles. The summed E-state index contributed by atoms with van der Waals surface area (Å²) in [5.41, 5.74) is -0.0329. The maximum atomic E-state index is 5.80. The molecule has 1 aromatic rings. The second kappa shape index (κ2) is 11.8. The molecule has 0 unspecified atom stereocenters. The molecule has 2 N–H and O–H groups in total. The fraction of sp³-hybridized carbons (Fsp3) is 0.789. The number of aliphatic imine (C=N–C) groups is 1. The Hall–Kier alpha value is -0.830. The predicted molar refractivity (Wildman–Crippen MR) is 120 cm³/mol. The van der Waals surface area contributed by atoms with Gasteiger partial charge in [-0.25, -0.2) is 9.98 Å². The number of hydrogen-bond donors (Lipinski definition) is 2. The SMILES string of the molecule is CCNC(=NCc1ncc(C(C)(C)C)o1)NCCN(C(C)C)C(C)C.I. The quantitative estimate of drug-likeness (QED) is 0.338. The summed E-state index contributed by atoms with van der Waals surface area (Å²) in [6, 6.07) is 1.06. The molecule has 6 nitrogen and oxygen atoms in total. The van der Waals surface area contributed by atoms with Crippen molar-refractivity contribution in [3.63, 3.8) is 0 Å². The summed E-state index contributed by atoms with van der Waals surface area (Å²) in [4.78, 5) is 11.4. The van der Waals surface area contributed by atoms with Gasteiger partial charge in [0.1, 0.15) is 12.3 Å². The van der Waals surface area contributed by atoms with Crippen molar-refractivity contribution in [3.8, 4) is 0 Å². The van der Waals surface area contributed by atoms with E-state index in [9.17, 15) is 0 Å². The predicted octanol–water partition coefficient (Wildman–Crippen LogP) is 3.76. The van der Waals surface area contributed by atoms with Crippen LogP contribution in [0.1, 0.15) is 67.0 Å². The fourth-order valence-corrected chi connectivity index (χ4v) is 2.63. The minimum Gasteiger partial charge on any atom is -0.443 e. The number of rotatable bonds is 8. The van der Waals surface area contributed by atoms with Crippen molar-refractivity contribution in [2.75, 3.05) is 19.6 Å². The van der Waals surface area contributed by atoms with Crippen molar-refractivity contribution >= 4 is 29.9 Å². The van der Waals surface area contributed by atoms with E-state index in [-0.39, 0.29) is 29.4 Å². The van der Waals surface area contributed by atoms with Crippen LogP contribution >= 0.6 is 24.0 Å². The number of oxazole rings is 1. The van der Waals surface area contributed by atoms with E-state index in [1.807, 2.05) is 0 Å². The molecule has 0 aliphatic carbocycles. The number of nitrogens with zero attached hydrogens (tertiary/aromatic N) is 3. The van der Waals surface area contributed by atoms with Gasteiger partial charge < -0.3 is 15.1 Å². The Balaban J connectivity index is 0.00000625. The van der Waals surface area contributed by atoms with Crippen LogP contribution in [0.3, 0.4) is 0 Å². The van der Waals surface area contributed by atoms with E-state index < -0.39 is 0 Å². The molecule has 0 aliphatic rings. The minimum absolute atomic E-state index is 0.